The van der Waals surface area contributed by atoms with E-state index in [9.17, 15) is 5.11 Å². The lowest BCUT2D eigenvalue weighted by Crippen LogP contribution is -2.00. The molecule has 0 fully saturated rings. The van der Waals surface area contributed by atoms with E-state index in [2.05, 4.69) is 20.9 Å². The Morgan fingerprint density at radius 1 is 1.10 bits per heavy atom. The molecule has 0 saturated heterocycles. The van der Waals surface area contributed by atoms with Crippen LogP contribution in [0.15, 0.2) is 53.0 Å². The maximum atomic E-state index is 10.6. The minimum atomic E-state index is -0.753. The topological polar surface area (TPSA) is 33.1 Å². The average Bonchev–Trinajstić information content (AvgIpc) is 2.46. The van der Waals surface area contributed by atoms with Gasteiger partial charge in [-0.3, -0.25) is 4.98 Å². The second-order valence-electron chi connectivity index (χ2n) is 4.97. The second kappa shape index (κ2) is 5.76. The summed E-state index contributed by atoms with van der Waals surface area (Å²) in [6, 6.07) is 15.2. The summed E-state index contributed by atoms with van der Waals surface area (Å²) in [6.45, 7) is 1.96. The van der Waals surface area contributed by atoms with Gasteiger partial charge in [0.2, 0.25) is 0 Å². The summed E-state index contributed by atoms with van der Waals surface area (Å²) in [5.74, 6) is 0. The number of nitrogens with zero attached hydrogens (tertiary/aromatic N) is 1. The number of halogens is 2. The number of aryl methyl sites for hydroxylation is 1. The Bertz CT molecular complexity index is 819. The van der Waals surface area contributed by atoms with Crippen LogP contribution in [-0.2, 0) is 0 Å². The van der Waals surface area contributed by atoms with Crippen molar-refractivity contribution in [2.45, 2.75) is 13.0 Å². The van der Waals surface area contributed by atoms with Crippen molar-refractivity contribution < 1.29 is 5.11 Å². The van der Waals surface area contributed by atoms with Crippen molar-refractivity contribution in [1.82, 2.24) is 4.98 Å². The smallest absolute Gasteiger partial charge is 0.106 e. The highest BCUT2D eigenvalue weighted by Gasteiger charge is 2.14. The van der Waals surface area contributed by atoms with Crippen LogP contribution < -0.4 is 0 Å². The average molecular weight is 363 g/mol. The Morgan fingerprint density at radius 3 is 2.67 bits per heavy atom. The maximum Gasteiger partial charge on any atom is 0.106 e. The third kappa shape index (κ3) is 2.95. The lowest BCUT2D eigenvalue weighted by molar-refractivity contribution is 0.220. The molecule has 4 heteroatoms. The number of hydrogen-bond acceptors (Lipinski definition) is 2. The van der Waals surface area contributed by atoms with Gasteiger partial charge in [-0.25, -0.2) is 0 Å². The fourth-order valence-corrected chi connectivity index (χ4v) is 3.10. The quantitative estimate of drug-likeness (QED) is 0.692. The van der Waals surface area contributed by atoms with Crippen LogP contribution in [0.25, 0.3) is 10.9 Å². The highest BCUT2D eigenvalue weighted by atomic mass is 79.9. The number of aromatic nitrogens is 1. The predicted molar refractivity (Wildman–Crippen MR) is 89.7 cm³/mol. The molecule has 0 aliphatic rings. The van der Waals surface area contributed by atoms with Gasteiger partial charge in [-0.2, -0.15) is 0 Å². The number of hydrogen-bond donors (Lipinski definition) is 1. The van der Waals surface area contributed by atoms with E-state index < -0.39 is 6.10 Å². The van der Waals surface area contributed by atoms with Crippen molar-refractivity contribution in [3.63, 3.8) is 0 Å². The van der Waals surface area contributed by atoms with Crippen LogP contribution >= 0.6 is 27.5 Å². The lowest BCUT2D eigenvalue weighted by atomic mass is 10.00. The molecule has 3 aromatic rings. The Kier molecular flexibility index (Phi) is 3.98. The summed E-state index contributed by atoms with van der Waals surface area (Å²) in [7, 11) is 0. The highest BCUT2D eigenvalue weighted by molar-refractivity contribution is 9.10. The molecule has 1 aromatic heterocycles. The lowest BCUT2D eigenvalue weighted by Gasteiger charge is -2.14. The van der Waals surface area contributed by atoms with Gasteiger partial charge in [0, 0.05) is 26.1 Å². The van der Waals surface area contributed by atoms with Crippen LogP contribution in [0.5, 0.6) is 0 Å². The molecule has 0 saturated carbocycles. The molecule has 1 atom stereocenters. The van der Waals surface area contributed by atoms with Gasteiger partial charge in [-0.1, -0.05) is 45.7 Å². The summed E-state index contributed by atoms with van der Waals surface area (Å²) < 4.78 is 0.890. The molecular weight excluding hydrogens is 350 g/mol. The van der Waals surface area contributed by atoms with Crippen LogP contribution in [-0.4, -0.2) is 10.1 Å². The van der Waals surface area contributed by atoms with Gasteiger partial charge in [0.25, 0.3) is 0 Å². The molecule has 0 radical (unpaired) electrons. The molecule has 0 aliphatic heterocycles. The molecule has 1 unspecified atom stereocenters. The van der Waals surface area contributed by atoms with Gasteiger partial charge in [-0.15, -0.1) is 0 Å². The van der Waals surface area contributed by atoms with Crippen molar-refractivity contribution >= 4 is 38.4 Å². The Hall–Kier alpha value is -1.42. The Balaban J connectivity index is 2.04. The van der Waals surface area contributed by atoms with Crippen LogP contribution in [0.4, 0.5) is 0 Å². The maximum absolute atomic E-state index is 10.6. The van der Waals surface area contributed by atoms with Crippen molar-refractivity contribution in [3.8, 4) is 0 Å². The van der Waals surface area contributed by atoms with E-state index >= 15 is 0 Å². The minimum absolute atomic E-state index is 0.541. The van der Waals surface area contributed by atoms with Crippen LogP contribution in [0.1, 0.15) is 22.9 Å². The monoisotopic (exact) mass is 361 g/mol. The third-order valence-corrected chi connectivity index (χ3v) is 4.25. The summed E-state index contributed by atoms with van der Waals surface area (Å²) in [4.78, 5) is 4.46. The number of benzene rings is 2. The zero-order valence-corrected chi connectivity index (χ0v) is 13.7. The first-order valence-electron chi connectivity index (χ1n) is 6.55. The first-order chi connectivity index (χ1) is 10.0. The predicted octanol–water partition coefficient (Wildman–Crippen LogP) is 5.04. The Morgan fingerprint density at radius 2 is 1.90 bits per heavy atom. The van der Waals surface area contributed by atoms with E-state index in [1.54, 1.807) is 6.07 Å². The van der Waals surface area contributed by atoms with Gasteiger partial charge in [0.15, 0.2) is 0 Å². The molecule has 1 heterocycles. The van der Waals surface area contributed by atoms with Crippen molar-refractivity contribution in [2.24, 2.45) is 0 Å². The number of aliphatic hydroxyl groups excluding tert-OH is 1. The molecule has 2 nitrogen and oxygen atoms in total. The fourth-order valence-electron chi connectivity index (χ4n) is 2.32. The summed E-state index contributed by atoms with van der Waals surface area (Å²) in [6.07, 6.45) is -0.753. The first kappa shape index (κ1) is 14.5. The molecule has 0 bridgehead atoms. The van der Waals surface area contributed by atoms with E-state index in [0.717, 1.165) is 26.6 Å². The highest BCUT2D eigenvalue weighted by Crippen LogP contribution is 2.31. The molecule has 3 rings (SSSR count). The Labute approximate surface area is 136 Å². The van der Waals surface area contributed by atoms with Crippen molar-refractivity contribution in [2.75, 3.05) is 0 Å². The number of pyridine rings is 1. The molecule has 21 heavy (non-hydrogen) atoms. The molecule has 1 N–H and O–H groups in total. The van der Waals surface area contributed by atoms with E-state index in [-0.39, 0.29) is 0 Å². The van der Waals surface area contributed by atoms with Crippen LogP contribution in [0, 0.1) is 6.92 Å². The summed E-state index contributed by atoms with van der Waals surface area (Å²) in [5.41, 5.74) is 3.40. The van der Waals surface area contributed by atoms with E-state index in [4.69, 9.17) is 11.6 Å². The van der Waals surface area contributed by atoms with Crippen molar-refractivity contribution in [1.29, 1.82) is 0 Å². The summed E-state index contributed by atoms with van der Waals surface area (Å²) in [5, 5.41) is 12.1. The standard InChI is InChI=1S/C17H13BrClNO/c1-10-2-3-11-8-12(4-7-16(11)20-10)17(21)14-6-5-13(18)9-15(14)19/h2-9,17,21H,1H3. The minimum Gasteiger partial charge on any atom is -0.384 e. The molecule has 106 valence electrons. The van der Waals surface area contributed by atoms with Crippen LogP contribution in [0.2, 0.25) is 5.02 Å². The molecule has 0 amide bonds. The molecule has 2 aromatic carbocycles. The fraction of sp³-hybridized carbons (Fsp3) is 0.118. The number of rotatable bonds is 2. The van der Waals surface area contributed by atoms with E-state index in [1.807, 2.05) is 49.4 Å². The molecule has 0 spiro atoms. The van der Waals surface area contributed by atoms with Gasteiger partial charge in [-0.05, 0) is 42.8 Å². The van der Waals surface area contributed by atoms with Gasteiger partial charge in [0.1, 0.15) is 6.10 Å². The zero-order chi connectivity index (χ0) is 15.0. The normalized spacial score (nSPS) is 12.6. The van der Waals surface area contributed by atoms with E-state index in [1.165, 1.54) is 0 Å². The number of aliphatic hydroxyl groups is 1. The first-order valence-corrected chi connectivity index (χ1v) is 7.72. The van der Waals surface area contributed by atoms with Gasteiger partial charge >= 0.3 is 0 Å². The molecule has 0 aliphatic carbocycles. The van der Waals surface area contributed by atoms with E-state index in [0.29, 0.717) is 10.6 Å². The molecular formula is C17H13BrClNO. The number of fused-ring (bicyclic) bond motifs is 1. The largest absolute Gasteiger partial charge is 0.384 e. The third-order valence-electron chi connectivity index (χ3n) is 3.43. The summed E-state index contributed by atoms with van der Waals surface area (Å²) >= 11 is 9.58. The van der Waals surface area contributed by atoms with Crippen LogP contribution in [0.3, 0.4) is 0 Å². The second-order valence-corrected chi connectivity index (χ2v) is 6.30. The van der Waals surface area contributed by atoms with Gasteiger partial charge < -0.3 is 5.11 Å². The SMILES string of the molecule is Cc1ccc2cc(C(O)c3ccc(Br)cc3Cl)ccc2n1. The van der Waals surface area contributed by atoms with Crippen molar-refractivity contribution in [3.05, 3.63) is 74.8 Å². The van der Waals surface area contributed by atoms with Gasteiger partial charge in [0.05, 0.1) is 5.52 Å². The zero-order valence-electron chi connectivity index (χ0n) is 11.3.